The lowest BCUT2D eigenvalue weighted by Gasteiger charge is -2.38. The summed E-state index contributed by atoms with van der Waals surface area (Å²) in [6.07, 6.45) is -5.08. The Hall–Kier alpha value is -3.42. The van der Waals surface area contributed by atoms with Gasteiger partial charge < -0.3 is 39.4 Å². The summed E-state index contributed by atoms with van der Waals surface area (Å²) in [7, 11) is 0. The maximum atomic E-state index is 12.2. The van der Waals surface area contributed by atoms with Crippen molar-refractivity contribution in [1.82, 2.24) is 4.90 Å². The number of halogens is 4. The van der Waals surface area contributed by atoms with Crippen molar-refractivity contribution in [2.24, 2.45) is 0 Å². The molecule has 2 heterocycles. The molecule has 0 bridgehead atoms. The van der Waals surface area contributed by atoms with Crippen molar-refractivity contribution >= 4 is 29.2 Å². The number of hydrogen-bond acceptors (Lipinski definition) is 9. The molecule has 1 fully saturated rings. The first-order chi connectivity index (χ1) is 17.9. The van der Waals surface area contributed by atoms with Crippen LogP contribution in [0.25, 0.3) is 0 Å². The lowest BCUT2D eigenvalue weighted by atomic mass is 10.0. The fraction of sp³-hybridized carbons (Fsp3) is 0.417. The number of rotatable bonds is 8. The van der Waals surface area contributed by atoms with Gasteiger partial charge in [-0.1, -0.05) is 11.6 Å². The van der Waals surface area contributed by atoms with E-state index in [4.69, 9.17) is 25.8 Å². The minimum atomic E-state index is -5.23. The van der Waals surface area contributed by atoms with Gasteiger partial charge >= 0.3 is 12.1 Å². The van der Waals surface area contributed by atoms with E-state index in [9.17, 15) is 33.0 Å². The minimum absolute atomic E-state index is 0.00169. The van der Waals surface area contributed by atoms with Crippen molar-refractivity contribution in [1.29, 1.82) is 0 Å². The number of nitrogens with zero attached hydrogens (tertiary/aromatic N) is 1. The lowest BCUT2D eigenvalue weighted by molar-refractivity contribution is -0.199. The number of aromatic hydroxyl groups is 1. The summed E-state index contributed by atoms with van der Waals surface area (Å²) in [4.78, 5) is 24.7. The molecule has 38 heavy (non-hydrogen) atoms. The third-order valence-corrected chi connectivity index (χ3v) is 6.06. The summed E-state index contributed by atoms with van der Waals surface area (Å²) >= 11 is 6.02. The predicted octanol–water partition coefficient (Wildman–Crippen LogP) is 3.09. The number of ether oxygens (including phenoxy) is 4. The molecule has 2 aromatic rings. The van der Waals surface area contributed by atoms with Crippen molar-refractivity contribution in [2.45, 2.75) is 30.9 Å². The number of benzene rings is 2. The van der Waals surface area contributed by atoms with Crippen LogP contribution in [-0.4, -0.2) is 77.9 Å². The number of likely N-dealkylation sites (tertiary alicyclic amines) is 1. The van der Waals surface area contributed by atoms with Gasteiger partial charge in [0, 0.05) is 49.6 Å². The van der Waals surface area contributed by atoms with Crippen LogP contribution in [0.3, 0.4) is 0 Å². The number of amides is 1. The topological polar surface area (TPSA) is 127 Å². The smallest absolute Gasteiger partial charge is 0.490 e. The van der Waals surface area contributed by atoms with Crippen LogP contribution in [0.15, 0.2) is 36.4 Å². The third kappa shape index (κ3) is 6.91. The molecule has 206 valence electrons. The Kier molecular flexibility index (Phi) is 8.09. The van der Waals surface area contributed by atoms with E-state index < -0.39 is 36.6 Å². The largest absolute Gasteiger partial charge is 0.508 e. The van der Waals surface area contributed by atoms with E-state index in [0.717, 1.165) is 6.07 Å². The van der Waals surface area contributed by atoms with E-state index in [1.54, 1.807) is 18.2 Å². The Balaban J connectivity index is 1.25. The van der Waals surface area contributed by atoms with Gasteiger partial charge in [-0.15, -0.1) is 0 Å². The van der Waals surface area contributed by atoms with Crippen LogP contribution in [0.5, 0.6) is 23.0 Å². The van der Waals surface area contributed by atoms with Crippen molar-refractivity contribution < 1.29 is 51.9 Å². The number of hydrogen-bond donors (Lipinski definition) is 3. The molecule has 1 saturated heterocycles. The van der Waals surface area contributed by atoms with Crippen LogP contribution >= 0.6 is 11.6 Å². The summed E-state index contributed by atoms with van der Waals surface area (Å²) in [6, 6.07) is 8.80. The summed E-state index contributed by atoms with van der Waals surface area (Å²) in [5.74, 6) is -3.37. The van der Waals surface area contributed by atoms with Gasteiger partial charge in [-0.2, -0.15) is 13.2 Å². The van der Waals surface area contributed by atoms with Crippen LogP contribution in [0.1, 0.15) is 12.8 Å². The molecular weight excluding hydrogens is 537 g/mol. The number of fused-ring (bicyclic) bond motifs is 1. The monoisotopic (exact) mass is 560 g/mol. The third-order valence-electron chi connectivity index (χ3n) is 5.82. The van der Waals surface area contributed by atoms with E-state index in [2.05, 4.69) is 10.1 Å². The van der Waals surface area contributed by atoms with E-state index >= 15 is 0 Å². The van der Waals surface area contributed by atoms with Crippen LogP contribution in [0.4, 0.5) is 18.9 Å². The average Bonchev–Trinajstić information content (AvgIpc) is 3.20. The fourth-order valence-electron chi connectivity index (χ4n) is 4.02. The summed E-state index contributed by atoms with van der Waals surface area (Å²) in [5.41, 5.74) is -0.00169. The molecular formula is C24H24ClF3N2O8. The second kappa shape index (κ2) is 11.1. The zero-order valence-corrected chi connectivity index (χ0v) is 20.6. The highest BCUT2D eigenvalue weighted by Gasteiger charge is 2.44. The molecule has 1 atom stereocenters. The van der Waals surface area contributed by atoms with Gasteiger partial charge in [0.05, 0.1) is 5.69 Å². The van der Waals surface area contributed by atoms with Gasteiger partial charge in [-0.25, -0.2) is 4.79 Å². The highest BCUT2D eigenvalue weighted by Crippen LogP contribution is 2.44. The first kappa shape index (κ1) is 27.6. The number of esters is 1. The minimum Gasteiger partial charge on any atom is -0.508 e. The van der Waals surface area contributed by atoms with Gasteiger partial charge in [0.15, 0.2) is 18.1 Å². The Morgan fingerprint density at radius 1 is 1.13 bits per heavy atom. The first-order valence-electron chi connectivity index (χ1n) is 11.5. The number of alkyl halides is 3. The number of carbonyl (C=O) groups excluding carboxylic acids is 2. The molecule has 2 aromatic carbocycles. The fourth-order valence-corrected chi connectivity index (χ4v) is 4.18. The van der Waals surface area contributed by atoms with Gasteiger partial charge in [-0.3, -0.25) is 4.79 Å². The van der Waals surface area contributed by atoms with Crippen LogP contribution in [0, 0.1) is 0 Å². The normalized spacial score (nSPS) is 17.2. The molecule has 0 aromatic heterocycles. The molecule has 1 spiro atoms. The molecule has 0 saturated carbocycles. The summed E-state index contributed by atoms with van der Waals surface area (Å²) < 4.78 is 58.2. The van der Waals surface area contributed by atoms with Crippen LogP contribution in [0.2, 0.25) is 5.02 Å². The average molecular weight is 561 g/mol. The molecule has 10 nitrogen and oxygen atoms in total. The summed E-state index contributed by atoms with van der Waals surface area (Å²) in [5, 5.41) is 23.0. The number of aliphatic hydroxyl groups is 1. The lowest BCUT2D eigenvalue weighted by Crippen LogP contribution is -2.51. The van der Waals surface area contributed by atoms with Gasteiger partial charge in [0.2, 0.25) is 0 Å². The first-order valence-corrected chi connectivity index (χ1v) is 11.9. The molecule has 2 aliphatic heterocycles. The van der Waals surface area contributed by atoms with Gasteiger partial charge in [-0.05, 0) is 24.3 Å². The zero-order chi connectivity index (χ0) is 27.5. The molecule has 1 amide bonds. The molecule has 0 unspecified atom stereocenters. The van der Waals surface area contributed by atoms with E-state index in [1.807, 2.05) is 4.90 Å². The Morgan fingerprint density at radius 2 is 1.84 bits per heavy atom. The van der Waals surface area contributed by atoms with Crippen molar-refractivity contribution in [3.8, 4) is 23.0 Å². The SMILES string of the molecule is O=C(COC(=O)C(F)(F)F)Nc1ccc(O)cc1OC[C@H](O)CN1CCC2(CC1)Oc1ccc(Cl)cc1O2. The van der Waals surface area contributed by atoms with Crippen LogP contribution < -0.4 is 19.5 Å². The molecule has 0 radical (unpaired) electrons. The number of aliphatic hydroxyl groups excluding tert-OH is 1. The Morgan fingerprint density at radius 3 is 2.55 bits per heavy atom. The second-order valence-corrected chi connectivity index (χ2v) is 9.21. The van der Waals surface area contributed by atoms with E-state index in [1.165, 1.54) is 12.1 Å². The zero-order valence-electron chi connectivity index (χ0n) is 19.8. The predicted molar refractivity (Wildman–Crippen MR) is 126 cm³/mol. The van der Waals surface area contributed by atoms with Crippen molar-refractivity contribution in [3.05, 3.63) is 41.4 Å². The highest BCUT2D eigenvalue weighted by atomic mass is 35.5. The Bertz CT molecular complexity index is 1190. The second-order valence-electron chi connectivity index (χ2n) is 8.77. The van der Waals surface area contributed by atoms with E-state index in [-0.39, 0.29) is 30.3 Å². The van der Waals surface area contributed by atoms with E-state index in [0.29, 0.717) is 42.5 Å². The molecule has 14 heteroatoms. The number of anilines is 1. The quantitative estimate of drug-likeness (QED) is 0.330. The highest BCUT2D eigenvalue weighted by molar-refractivity contribution is 6.30. The number of piperidine rings is 1. The van der Waals surface area contributed by atoms with Crippen molar-refractivity contribution in [3.63, 3.8) is 0 Å². The molecule has 3 N–H and O–H groups in total. The maximum Gasteiger partial charge on any atom is 0.490 e. The standard InChI is InChI=1S/C24H24ClF3N2O8/c25-14-1-4-18-20(9-14)38-23(37-18)5-7-30(8-6-23)11-16(32)12-35-19-10-15(31)2-3-17(19)29-21(33)13-36-22(34)24(26,27)28/h1-4,9-10,16,31-32H,5-8,11-13H2,(H,29,33)/t16-/m1/s1. The number of phenols is 1. The number of nitrogens with one attached hydrogen (secondary N) is 1. The Labute approximate surface area is 219 Å². The number of carbonyl (C=O) groups is 2. The van der Waals surface area contributed by atoms with Gasteiger partial charge in [0.25, 0.3) is 11.7 Å². The molecule has 0 aliphatic carbocycles. The molecule has 2 aliphatic rings. The van der Waals surface area contributed by atoms with Crippen LogP contribution in [-0.2, 0) is 14.3 Å². The number of phenolic OH excluding ortho intramolecular Hbond substituents is 1. The summed E-state index contributed by atoms with van der Waals surface area (Å²) in [6.45, 7) is 0.00568. The van der Waals surface area contributed by atoms with Crippen molar-refractivity contribution in [2.75, 3.05) is 38.2 Å². The molecule has 4 rings (SSSR count). The number of β-amino-alcohol motifs (C(OH)–C–C–N with tert-alkyl or cyclic N) is 1. The maximum absolute atomic E-state index is 12.2. The van der Waals surface area contributed by atoms with Gasteiger partial charge in [0.1, 0.15) is 24.2 Å².